The molecule has 8 nitrogen and oxygen atoms in total. The summed E-state index contributed by atoms with van der Waals surface area (Å²) >= 11 is 1.15. The molecule has 2 amide bonds. The zero-order chi connectivity index (χ0) is 19.9. The van der Waals surface area contributed by atoms with Crippen LogP contribution in [0.1, 0.15) is 12.0 Å². The molecule has 2 aromatic carbocycles. The van der Waals surface area contributed by atoms with Crippen LogP contribution in [0.25, 0.3) is 0 Å². The Morgan fingerprint density at radius 3 is 2.86 bits per heavy atom. The number of thioether (sulfide) groups is 1. The highest BCUT2D eigenvalue weighted by Crippen LogP contribution is 2.26. The summed E-state index contributed by atoms with van der Waals surface area (Å²) in [6.45, 7) is 0. The molecule has 0 unspecified atom stereocenters. The molecule has 1 aliphatic rings. The van der Waals surface area contributed by atoms with Gasteiger partial charge in [-0.05, 0) is 35.9 Å². The standard InChI is InChI=1S/C19H18N4O4S/c1-27-15-9-12(7-8-14(15)24)11-20-23-19-22-18(26)16(28-19)10-17(25)21-13-5-3-2-4-6-13/h2-9,11,16,24H,10H2,1H3,(H,21,25)(H,22,23,26)/b20-11-/t16-/m0/s1. The van der Waals surface area contributed by atoms with Gasteiger partial charge >= 0.3 is 0 Å². The van der Waals surface area contributed by atoms with Crippen LogP contribution in [-0.2, 0) is 9.59 Å². The van der Waals surface area contributed by atoms with Crippen molar-refractivity contribution in [2.24, 2.45) is 10.2 Å². The molecule has 2 aromatic rings. The summed E-state index contributed by atoms with van der Waals surface area (Å²) in [5.41, 5.74) is 1.35. The number of para-hydroxylation sites is 1. The molecule has 144 valence electrons. The Kier molecular flexibility index (Phi) is 6.28. The maximum Gasteiger partial charge on any atom is 0.240 e. The third-order valence-corrected chi connectivity index (χ3v) is 4.84. The molecule has 0 aromatic heterocycles. The molecular weight excluding hydrogens is 380 g/mol. The first kappa shape index (κ1) is 19.4. The quantitative estimate of drug-likeness (QED) is 0.511. The smallest absolute Gasteiger partial charge is 0.240 e. The van der Waals surface area contributed by atoms with E-state index in [1.807, 2.05) is 18.2 Å². The van der Waals surface area contributed by atoms with Gasteiger partial charge in [0.1, 0.15) is 5.25 Å². The molecule has 9 heteroatoms. The maximum atomic E-state index is 12.1. The van der Waals surface area contributed by atoms with E-state index in [4.69, 9.17) is 4.74 Å². The monoisotopic (exact) mass is 398 g/mol. The zero-order valence-corrected chi connectivity index (χ0v) is 15.8. The van der Waals surface area contributed by atoms with Gasteiger partial charge < -0.3 is 20.5 Å². The first-order valence-corrected chi connectivity index (χ1v) is 9.23. The van der Waals surface area contributed by atoms with Crippen LogP contribution in [-0.4, -0.2) is 40.7 Å². The van der Waals surface area contributed by atoms with E-state index in [1.165, 1.54) is 19.4 Å². The number of amides is 2. The van der Waals surface area contributed by atoms with Crippen molar-refractivity contribution in [1.29, 1.82) is 0 Å². The Labute approximate surface area is 165 Å². The lowest BCUT2D eigenvalue weighted by Crippen LogP contribution is -2.28. The number of amidine groups is 1. The fraction of sp³-hybridized carbons (Fsp3) is 0.158. The summed E-state index contributed by atoms with van der Waals surface area (Å²) in [6, 6.07) is 13.8. The molecule has 1 aliphatic heterocycles. The Morgan fingerprint density at radius 2 is 2.11 bits per heavy atom. The highest BCUT2D eigenvalue weighted by Gasteiger charge is 2.32. The fourth-order valence-corrected chi connectivity index (χ4v) is 3.33. The minimum absolute atomic E-state index is 0.0289. The van der Waals surface area contributed by atoms with Crippen molar-refractivity contribution in [3.05, 3.63) is 54.1 Å². The number of hydrogen-bond acceptors (Lipinski definition) is 7. The van der Waals surface area contributed by atoms with Crippen LogP contribution in [0.4, 0.5) is 5.69 Å². The van der Waals surface area contributed by atoms with Crippen molar-refractivity contribution < 1.29 is 19.4 Å². The summed E-state index contributed by atoms with van der Waals surface area (Å²) in [7, 11) is 1.45. The summed E-state index contributed by atoms with van der Waals surface area (Å²) < 4.78 is 5.03. The van der Waals surface area contributed by atoms with Crippen molar-refractivity contribution in [3.63, 3.8) is 0 Å². The SMILES string of the molecule is COc1cc(/C=N\N=C2/NC(=O)[C@H](CC(=O)Nc3ccccc3)S2)ccc1O. The van der Waals surface area contributed by atoms with E-state index in [2.05, 4.69) is 20.8 Å². The topological polar surface area (TPSA) is 112 Å². The number of nitrogens with one attached hydrogen (secondary N) is 2. The number of ether oxygens (including phenoxy) is 1. The van der Waals surface area contributed by atoms with E-state index in [0.717, 1.165) is 11.8 Å². The van der Waals surface area contributed by atoms with Crippen molar-refractivity contribution >= 4 is 40.6 Å². The third-order valence-electron chi connectivity index (χ3n) is 3.76. The number of carbonyl (C=O) groups excluding carboxylic acids is 2. The molecule has 1 atom stereocenters. The van der Waals surface area contributed by atoms with E-state index < -0.39 is 5.25 Å². The van der Waals surface area contributed by atoms with Gasteiger partial charge in [0, 0.05) is 12.1 Å². The third kappa shape index (κ3) is 5.10. The predicted molar refractivity (Wildman–Crippen MR) is 109 cm³/mol. The Balaban J connectivity index is 1.57. The summed E-state index contributed by atoms with van der Waals surface area (Å²) in [5, 5.41) is 22.6. The van der Waals surface area contributed by atoms with Crippen molar-refractivity contribution in [1.82, 2.24) is 5.32 Å². The number of phenolic OH excluding ortho intramolecular Hbond substituents is 1. The van der Waals surface area contributed by atoms with Crippen LogP contribution in [0.3, 0.4) is 0 Å². The van der Waals surface area contributed by atoms with Crippen LogP contribution < -0.4 is 15.4 Å². The van der Waals surface area contributed by atoms with Crippen LogP contribution in [0, 0.1) is 0 Å². The minimum atomic E-state index is -0.563. The number of rotatable bonds is 6. The average molecular weight is 398 g/mol. The Bertz CT molecular complexity index is 931. The first-order valence-electron chi connectivity index (χ1n) is 8.35. The molecule has 0 bridgehead atoms. The van der Waals surface area contributed by atoms with Crippen LogP contribution in [0.5, 0.6) is 11.5 Å². The summed E-state index contributed by atoms with van der Waals surface area (Å²) in [5.74, 6) is -0.181. The maximum absolute atomic E-state index is 12.1. The largest absolute Gasteiger partial charge is 0.504 e. The molecular formula is C19H18N4O4S. The fourth-order valence-electron chi connectivity index (χ4n) is 2.41. The number of nitrogens with zero attached hydrogens (tertiary/aromatic N) is 2. The molecule has 0 radical (unpaired) electrons. The summed E-state index contributed by atoms with van der Waals surface area (Å²) in [6.07, 6.45) is 1.50. The number of hydrogen-bond donors (Lipinski definition) is 3. The highest BCUT2D eigenvalue weighted by molar-refractivity contribution is 8.15. The zero-order valence-electron chi connectivity index (χ0n) is 15.0. The van der Waals surface area contributed by atoms with E-state index >= 15 is 0 Å². The van der Waals surface area contributed by atoms with Gasteiger partial charge in [0.15, 0.2) is 16.7 Å². The molecule has 1 saturated heterocycles. The van der Waals surface area contributed by atoms with Gasteiger partial charge in [0.25, 0.3) is 0 Å². The lowest BCUT2D eigenvalue weighted by Gasteiger charge is -2.06. The van der Waals surface area contributed by atoms with Gasteiger partial charge in [-0.2, -0.15) is 5.10 Å². The van der Waals surface area contributed by atoms with Crippen molar-refractivity contribution in [3.8, 4) is 11.5 Å². The van der Waals surface area contributed by atoms with Crippen LogP contribution in [0.2, 0.25) is 0 Å². The molecule has 3 N–H and O–H groups in total. The minimum Gasteiger partial charge on any atom is -0.504 e. The van der Waals surface area contributed by atoms with Gasteiger partial charge in [-0.3, -0.25) is 9.59 Å². The van der Waals surface area contributed by atoms with E-state index in [1.54, 1.807) is 24.3 Å². The molecule has 3 rings (SSSR count). The van der Waals surface area contributed by atoms with Crippen LogP contribution in [0.15, 0.2) is 58.7 Å². The van der Waals surface area contributed by atoms with Gasteiger partial charge in [-0.25, -0.2) is 0 Å². The normalized spacial score (nSPS) is 17.7. The lowest BCUT2D eigenvalue weighted by molar-refractivity contribution is -0.122. The number of phenols is 1. The van der Waals surface area contributed by atoms with Gasteiger partial charge in [0.2, 0.25) is 11.8 Å². The Hall–Kier alpha value is -3.33. The lowest BCUT2D eigenvalue weighted by atomic mass is 10.2. The van der Waals surface area contributed by atoms with Crippen LogP contribution >= 0.6 is 11.8 Å². The number of anilines is 1. The highest BCUT2D eigenvalue weighted by atomic mass is 32.2. The van der Waals surface area contributed by atoms with E-state index in [-0.39, 0.29) is 24.0 Å². The molecule has 0 aliphatic carbocycles. The van der Waals surface area contributed by atoms with Crippen molar-refractivity contribution in [2.45, 2.75) is 11.7 Å². The number of carbonyl (C=O) groups is 2. The van der Waals surface area contributed by atoms with Gasteiger partial charge in [0.05, 0.1) is 13.3 Å². The first-order chi connectivity index (χ1) is 13.5. The average Bonchev–Trinajstić information content (AvgIpc) is 3.03. The molecule has 0 spiro atoms. The molecule has 1 fully saturated rings. The second kappa shape index (κ2) is 9.05. The molecule has 1 heterocycles. The van der Waals surface area contributed by atoms with Crippen molar-refractivity contribution in [2.75, 3.05) is 12.4 Å². The number of methoxy groups -OCH3 is 1. The number of benzene rings is 2. The number of aromatic hydroxyl groups is 1. The second-order valence-corrected chi connectivity index (χ2v) is 6.99. The van der Waals surface area contributed by atoms with E-state index in [0.29, 0.717) is 22.2 Å². The van der Waals surface area contributed by atoms with E-state index in [9.17, 15) is 14.7 Å². The Morgan fingerprint density at radius 1 is 1.32 bits per heavy atom. The van der Waals surface area contributed by atoms with Gasteiger partial charge in [-0.1, -0.05) is 30.0 Å². The second-order valence-electron chi connectivity index (χ2n) is 5.80. The molecule has 0 saturated carbocycles. The summed E-state index contributed by atoms with van der Waals surface area (Å²) in [4.78, 5) is 24.1. The molecule has 28 heavy (non-hydrogen) atoms. The predicted octanol–water partition coefficient (Wildman–Crippen LogP) is 2.35. The van der Waals surface area contributed by atoms with Gasteiger partial charge in [-0.15, -0.1) is 5.10 Å².